The Balaban J connectivity index is -0.000000449. The van der Waals surface area contributed by atoms with Gasteiger partial charge in [0.15, 0.2) is 0 Å². The van der Waals surface area contributed by atoms with Crippen LogP contribution in [0.3, 0.4) is 0 Å². The number of halogens is 6. The van der Waals surface area contributed by atoms with Crippen LogP contribution in [0.5, 0.6) is 0 Å². The first-order valence-electron chi connectivity index (χ1n) is 51.5. The zero-order valence-corrected chi connectivity index (χ0v) is 91.8. The Morgan fingerprint density at radius 1 is 0.221 bits per heavy atom. The molecular weight excluding hydrogens is 1780 g/mol. The number of unbranched alkanes of at least 4 members (excludes halogenated alkanes) is 8. The summed E-state index contributed by atoms with van der Waals surface area (Å²) in [6, 6.07) is 0. The van der Waals surface area contributed by atoms with Crippen molar-refractivity contribution in [3.63, 3.8) is 0 Å². The highest BCUT2D eigenvalue weighted by Crippen LogP contribution is 2.21. The summed E-state index contributed by atoms with van der Waals surface area (Å²) in [4.78, 5) is 31.2. The molecule has 7 fully saturated rings. The minimum Gasteiger partial charge on any atom is -1.00 e. The van der Waals surface area contributed by atoms with Crippen molar-refractivity contribution in [3.8, 4) is 0 Å². The van der Waals surface area contributed by atoms with Gasteiger partial charge >= 0.3 is 35.8 Å². The Labute approximate surface area is 810 Å². The molecule has 7 heterocycles. The third kappa shape index (κ3) is 48.2. The molecule has 18 nitrogen and oxygen atoms in total. The van der Waals surface area contributed by atoms with Gasteiger partial charge in [-0.25, -0.2) is 0 Å². The summed E-state index contributed by atoms with van der Waals surface area (Å²) in [6.07, 6.45) is 45.8. The van der Waals surface area contributed by atoms with Crippen LogP contribution >= 0.6 is 0 Å². The third-order valence-electron chi connectivity index (χ3n) is 25.4. The van der Waals surface area contributed by atoms with E-state index >= 15 is 0 Å². The fourth-order valence-electron chi connectivity index (χ4n) is 18.3. The van der Waals surface area contributed by atoms with Gasteiger partial charge in [-0.1, -0.05) is 107 Å². The molecule has 0 bridgehead atoms. The first-order chi connectivity index (χ1) is 56.8. The summed E-state index contributed by atoms with van der Waals surface area (Å²) in [6.45, 7) is 93.1. The van der Waals surface area contributed by atoms with Gasteiger partial charge in [0.1, 0.15) is 0 Å². The van der Waals surface area contributed by atoms with Crippen LogP contribution in [-0.4, -0.2) is 358 Å². The molecule has 0 unspecified atom stereocenters. The molecule has 730 valence electrons. The van der Waals surface area contributed by atoms with Crippen molar-refractivity contribution in [1.29, 1.82) is 0 Å². The number of piperidine rings is 4. The lowest BCUT2D eigenvalue weighted by molar-refractivity contribution is -0.547. The number of rotatable bonds is 38. The Morgan fingerprint density at radius 2 is 0.410 bits per heavy atom. The molecule has 0 spiro atoms. The molecule has 0 aromatic carbocycles. The normalized spacial score (nSPS) is 15.1. The molecule has 0 radical (unpaired) electrons. The standard InChI is InChI=1S/C25H54N3.C17H38N3.C16H30N3.C14H30N3.C13H24N3.C13H30N3.3BrH.3ClH/c1-7-13-19-26(20-14-8-2)25(27(21-15-9-3)22-16-10-4)28(23-17-11-5)24-18-12-6;1-7-13-15-20(16-14-8-2)17(18(9-3)10-4)19(11-5)12-6;1-4-10-17(11-5-1)16(18-12-6-2-7-13-18)19-14-8-3-9-15-19;1-5-15(6-2)14(16(7-3)8-4)17-12-10-9-11-13-17;1-2-8-14(7-1)13(15-9-3-4-10-15)16-11-5-6-12-16;1-7-14(8-2)13(15(9-3)10-4)16(11-5)12-6;;;;;;/h7-24H2,1-6H3;7-16H2,1-6H3;1-15H2;5-13H2,1-4H3;1-12H2;7-12H2,1-6H3;6*1H/q6*+1;;;;;;/p-6. The summed E-state index contributed by atoms with van der Waals surface area (Å²) in [7, 11) is 0. The van der Waals surface area contributed by atoms with Gasteiger partial charge in [0.25, 0.3) is 0 Å². The molecule has 0 aromatic rings. The van der Waals surface area contributed by atoms with Gasteiger partial charge in [0, 0.05) is 0 Å². The van der Waals surface area contributed by atoms with Crippen LogP contribution in [0.15, 0.2) is 0 Å². The molecule has 7 rings (SSSR count). The monoisotopic (exact) mass is 1980 g/mol. The zero-order valence-electron chi connectivity index (χ0n) is 84.8. The molecule has 7 aliphatic heterocycles. The van der Waals surface area contributed by atoms with Crippen molar-refractivity contribution in [1.82, 2.24) is 58.8 Å². The van der Waals surface area contributed by atoms with E-state index in [1.165, 1.54) is 380 Å². The second kappa shape index (κ2) is 84.5. The predicted molar refractivity (Wildman–Crippen MR) is 511 cm³/mol. The van der Waals surface area contributed by atoms with Crippen LogP contribution in [0.2, 0.25) is 0 Å². The van der Waals surface area contributed by atoms with Crippen molar-refractivity contribution in [2.75, 3.05) is 236 Å². The molecular formula is C98H206Br3Cl3N18. The summed E-state index contributed by atoms with van der Waals surface area (Å²) >= 11 is 0. The quantitative estimate of drug-likeness (QED) is 0.0495. The maximum Gasteiger partial charge on any atom is 0.350 e. The van der Waals surface area contributed by atoms with Crippen molar-refractivity contribution in [2.45, 2.75) is 371 Å². The summed E-state index contributed by atoms with van der Waals surface area (Å²) < 4.78 is 15.8. The van der Waals surface area contributed by atoms with Crippen LogP contribution in [0.1, 0.15) is 371 Å². The number of hydrogen-bond donors (Lipinski definition) is 0. The molecule has 7 aliphatic rings. The van der Waals surface area contributed by atoms with E-state index in [0.717, 1.165) is 91.6 Å². The average Bonchev–Trinajstić information content (AvgIpc) is 1.08. The number of guanidine groups is 6. The van der Waals surface area contributed by atoms with Crippen molar-refractivity contribution >= 4 is 35.8 Å². The molecule has 7 saturated heterocycles. The Hall–Kier alpha value is -2.07. The van der Waals surface area contributed by atoms with E-state index in [-0.39, 0.29) is 88.2 Å². The molecule has 0 atom stereocenters. The van der Waals surface area contributed by atoms with E-state index in [9.17, 15) is 0 Å². The highest BCUT2D eigenvalue weighted by atomic mass is 79.9. The second-order valence-corrected chi connectivity index (χ2v) is 34.1. The van der Waals surface area contributed by atoms with Crippen LogP contribution in [0, 0.1) is 0 Å². The van der Waals surface area contributed by atoms with Crippen LogP contribution in [-0.2, 0) is 0 Å². The molecule has 24 heteroatoms. The largest absolute Gasteiger partial charge is 1.00 e. The highest BCUT2D eigenvalue weighted by Gasteiger charge is 2.37. The minimum atomic E-state index is 0. The topological polar surface area (TPSA) is 56.9 Å². The Morgan fingerprint density at radius 3 is 0.623 bits per heavy atom. The SMILES string of the molecule is C1CCN(C(N2CCCC2)=[N+]2CCCC2)C1.C1CCN(C(N2CCCCC2)=[N+]2CCCCC2)CC1.CCCCN(CCCC)C(N(CCCC)CCCC)=[N+](CCCC)CCCC.CCCC[N+](CCCC)=C(N(CC)CC)N(CC)CC.CCN(CC)C(N(CC)CC)=[N+](CC)CC.CCN(CC)C(N(CC)CC)=[N+]1CCCCC1.[Br-].[Br-].[Br-].[Cl-].[Cl-].[Cl-]. The minimum absolute atomic E-state index is 0. The van der Waals surface area contributed by atoms with Gasteiger partial charge in [-0.15, -0.1) is 0 Å². The van der Waals surface area contributed by atoms with Crippen LogP contribution in [0.25, 0.3) is 0 Å². The fraction of sp³-hybridized carbons (Fsp3) is 0.939. The highest BCUT2D eigenvalue weighted by molar-refractivity contribution is 5.78. The van der Waals surface area contributed by atoms with Gasteiger partial charge in [-0.3, -0.25) is 86.3 Å². The van der Waals surface area contributed by atoms with E-state index in [2.05, 4.69) is 239 Å². The number of hydrogen-bond acceptors (Lipinski definition) is 0. The first-order valence-corrected chi connectivity index (χ1v) is 51.5. The summed E-state index contributed by atoms with van der Waals surface area (Å²) in [5.41, 5.74) is 0. The predicted octanol–water partition coefficient (Wildman–Crippen LogP) is 0.574. The van der Waals surface area contributed by atoms with Crippen molar-refractivity contribution in [2.24, 2.45) is 0 Å². The number of nitrogens with zero attached hydrogens (tertiary/aromatic N) is 18. The average molecular weight is 1980 g/mol. The van der Waals surface area contributed by atoms with Crippen molar-refractivity contribution < 1.29 is 116 Å². The van der Waals surface area contributed by atoms with E-state index in [1.807, 2.05) is 0 Å². The first kappa shape index (κ1) is 128. The molecule has 0 aliphatic carbocycles. The maximum absolute atomic E-state index is 2.77. The van der Waals surface area contributed by atoms with Crippen molar-refractivity contribution in [3.05, 3.63) is 0 Å². The smallest absolute Gasteiger partial charge is 0.350 e. The van der Waals surface area contributed by atoms with Gasteiger partial charge in [0.2, 0.25) is 0 Å². The molecule has 0 saturated carbocycles. The van der Waals surface area contributed by atoms with Gasteiger partial charge in [0.05, 0.1) is 236 Å². The van der Waals surface area contributed by atoms with Gasteiger partial charge in [-0.2, -0.15) is 0 Å². The molecule has 122 heavy (non-hydrogen) atoms. The Kier molecular flexibility index (Phi) is 88.9. The lowest BCUT2D eigenvalue weighted by Gasteiger charge is -2.35. The third-order valence-corrected chi connectivity index (χ3v) is 25.4. The van der Waals surface area contributed by atoms with E-state index in [4.69, 9.17) is 0 Å². The Bertz CT molecular complexity index is 2390. The maximum atomic E-state index is 2.77. The van der Waals surface area contributed by atoms with E-state index < -0.39 is 0 Å². The van der Waals surface area contributed by atoms with Gasteiger partial charge < -0.3 is 88.2 Å². The van der Waals surface area contributed by atoms with Crippen LogP contribution < -0.4 is 88.2 Å². The summed E-state index contributed by atoms with van der Waals surface area (Å²) in [5.74, 6) is 9.11. The lowest BCUT2D eigenvalue weighted by Crippen LogP contribution is -3.00. The lowest BCUT2D eigenvalue weighted by atomic mass is 10.1. The zero-order chi connectivity index (χ0) is 85.4. The molecule has 0 amide bonds. The molecule has 0 aromatic heterocycles. The fourth-order valence-corrected chi connectivity index (χ4v) is 18.3. The van der Waals surface area contributed by atoms with Gasteiger partial charge in [-0.05, 0) is 264 Å². The van der Waals surface area contributed by atoms with E-state index in [0.29, 0.717) is 0 Å². The van der Waals surface area contributed by atoms with Crippen LogP contribution in [0.4, 0.5) is 0 Å². The number of likely N-dealkylation sites (tertiary alicyclic amines) is 4. The summed E-state index contributed by atoms with van der Waals surface area (Å²) in [5, 5.41) is 0. The molecule has 0 N–H and O–H groups in total. The second-order valence-electron chi connectivity index (χ2n) is 34.1. The van der Waals surface area contributed by atoms with E-state index in [1.54, 1.807) is 17.9 Å².